The lowest BCUT2D eigenvalue weighted by atomic mass is 10.1. The monoisotopic (exact) mass is 360 g/mol. The Morgan fingerprint density at radius 2 is 1.84 bits per heavy atom. The summed E-state index contributed by atoms with van der Waals surface area (Å²) in [6.45, 7) is 7.76. The van der Waals surface area contributed by atoms with Crippen molar-refractivity contribution in [3.05, 3.63) is 45.9 Å². The van der Waals surface area contributed by atoms with E-state index in [4.69, 9.17) is 0 Å². The summed E-state index contributed by atoms with van der Waals surface area (Å²) in [6, 6.07) is 7.08. The van der Waals surface area contributed by atoms with Crippen LogP contribution in [0, 0.1) is 6.92 Å². The fraction of sp³-hybridized carbons (Fsp3) is 0.389. The van der Waals surface area contributed by atoms with E-state index in [2.05, 4.69) is 15.6 Å². The summed E-state index contributed by atoms with van der Waals surface area (Å²) in [6.07, 6.45) is 2.14. The minimum atomic E-state index is -0.266. The second-order valence-corrected chi connectivity index (χ2v) is 6.91. The summed E-state index contributed by atoms with van der Waals surface area (Å²) in [4.78, 5) is 31.0. The van der Waals surface area contributed by atoms with Crippen LogP contribution in [0.1, 0.15) is 29.3 Å². The van der Waals surface area contributed by atoms with E-state index in [0.717, 1.165) is 15.4 Å². The number of likely N-dealkylation sites (N-methyl/N-ethyl adjacent to an activating group) is 1. The molecule has 0 atom stereocenters. The van der Waals surface area contributed by atoms with Crippen LogP contribution in [0.2, 0.25) is 0 Å². The van der Waals surface area contributed by atoms with Crippen LogP contribution in [-0.4, -0.2) is 34.9 Å². The maximum atomic E-state index is 12.1. The maximum absolute atomic E-state index is 12.1. The van der Waals surface area contributed by atoms with Gasteiger partial charge in [0.15, 0.2) is 0 Å². The number of aryl methyl sites for hydroxylation is 1. The number of carbonyl (C=O) groups excluding carboxylic acids is 2. The average molecular weight is 360 g/mol. The largest absolute Gasteiger partial charge is 0.343 e. The topological polar surface area (TPSA) is 74.3 Å². The van der Waals surface area contributed by atoms with Crippen LogP contribution in [-0.2, 0) is 17.8 Å². The van der Waals surface area contributed by atoms with Crippen LogP contribution in [0.3, 0.4) is 0 Å². The molecule has 2 rings (SSSR count). The van der Waals surface area contributed by atoms with Gasteiger partial charge in [-0.25, -0.2) is 9.78 Å². The second-order valence-electron chi connectivity index (χ2n) is 5.59. The van der Waals surface area contributed by atoms with E-state index in [1.54, 1.807) is 34.6 Å². The Balaban J connectivity index is 1.83. The molecule has 1 aromatic carbocycles. The number of anilines is 1. The molecular formula is C18H24N4O2S. The molecule has 7 heteroatoms. The van der Waals surface area contributed by atoms with Crippen LogP contribution >= 0.6 is 11.3 Å². The molecule has 0 fully saturated rings. The molecule has 0 aliphatic rings. The standard InChI is InChI=1S/C18H24N4O2S/c1-4-22(5-2)17(23)10-14-6-8-15(9-7-14)21-18(24)20-12-16-11-19-13(3)25-16/h6-9,11H,4-5,10,12H2,1-3H3,(H2,20,21,24). The third kappa shape index (κ3) is 5.86. The van der Waals surface area contributed by atoms with E-state index in [1.165, 1.54) is 0 Å². The van der Waals surface area contributed by atoms with Gasteiger partial charge in [0, 0.05) is 29.9 Å². The molecule has 0 saturated heterocycles. The van der Waals surface area contributed by atoms with Crippen molar-refractivity contribution in [2.45, 2.75) is 33.7 Å². The molecule has 2 aromatic rings. The molecule has 1 aromatic heterocycles. The van der Waals surface area contributed by atoms with Gasteiger partial charge >= 0.3 is 6.03 Å². The summed E-state index contributed by atoms with van der Waals surface area (Å²) in [7, 11) is 0. The fourth-order valence-electron chi connectivity index (χ4n) is 2.40. The van der Waals surface area contributed by atoms with Gasteiger partial charge in [0.1, 0.15) is 0 Å². The Kier molecular flexibility index (Phi) is 6.94. The number of carbonyl (C=O) groups is 2. The summed E-state index contributed by atoms with van der Waals surface area (Å²) >= 11 is 1.56. The highest BCUT2D eigenvalue weighted by Gasteiger charge is 2.10. The number of nitrogens with zero attached hydrogens (tertiary/aromatic N) is 2. The molecule has 0 spiro atoms. The maximum Gasteiger partial charge on any atom is 0.319 e. The van der Waals surface area contributed by atoms with Gasteiger partial charge in [-0.1, -0.05) is 12.1 Å². The molecule has 0 radical (unpaired) electrons. The van der Waals surface area contributed by atoms with Crippen molar-refractivity contribution < 1.29 is 9.59 Å². The first-order valence-electron chi connectivity index (χ1n) is 8.34. The number of thiazole rings is 1. The lowest BCUT2D eigenvalue weighted by Gasteiger charge is -2.18. The number of rotatable bonds is 7. The zero-order valence-corrected chi connectivity index (χ0v) is 15.7. The normalized spacial score (nSPS) is 10.4. The molecule has 134 valence electrons. The van der Waals surface area contributed by atoms with Crippen molar-refractivity contribution in [2.75, 3.05) is 18.4 Å². The first-order valence-corrected chi connectivity index (χ1v) is 9.16. The van der Waals surface area contributed by atoms with Gasteiger partial charge in [-0.15, -0.1) is 11.3 Å². The fourth-order valence-corrected chi connectivity index (χ4v) is 3.13. The highest BCUT2D eigenvalue weighted by atomic mass is 32.1. The Morgan fingerprint density at radius 3 is 2.40 bits per heavy atom. The van der Waals surface area contributed by atoms with E-state index < -0.39 is 0 Å². The van der Waals surface area contributed by atoms with Crippen molar-refractivity contribution in [1.82, 2.24) is 15.2 Å². The number of hydrogen-bond donors (Lipinski definition) is 2. The minimum Gasteiger partial charge on any atom is -0.343 e. The third-order valence-corrected chi connectivity index (χ3v) is 4.69. The van der Waals surface area contributed by atoms with Gasteiger partial charge in [-0.05, 0) is 38.5 Å². The summed E-state index contributed by atoms with van der Waals surface area (Å²) in [5.74, 6) is 0.114. The smallest absolute Gasteiger partial charge is 0.319 e. The molecule has 0 aliphatic carbocycles. The van der Waals surface area contributed by atoms with Gasteiger partial charge < -0.3 is 15.5 Å². The second kappa shape index (κ2) is 9.17. The molecule has 2 N–H and O–H groups in total. The van der Waals surface area contributed by atoms with Gasteiger partial charge in [-0.3, -0.25) is 4.79 Å². The van der Waals surface area contributed by atoms with Gasteiger partial charge in [0.25, 0.3) is 0 Å². The van der Waals surface area contributed by atoms with Crippen LogP contribution < -0.4 is 10.6 Å². The highest BCUT2D eigenvalue weighted by molar-refractivity contribution is 7.11. The Bertz CT molecular complexity index is 708. The van der Waals surface area contributed by atoms with Crippen molar-refractivity contribution in [3.8, 4) is 0 Å². The van der Waals surface area contributed by atoms with Crippen molar-refractivity contribution in [3.63, 3.8) is 0 Å². The van der Waals surface area contributed by atoms with Crippen LogP contribution in [0.25, 0.3) is 0 Å². The number of benzene rings is 1. The molecular weight excluding hydrogens is 336 g/mol. The predicted octanol–water partition coefficient (Wildman–Crippen LogP) is 3.18. The molecule has 3 amide bonds. The molecule has 0 unspecified atom stereocenters. The summed E-state index contributed by atoms with van der Waals surface area (Å²) in [5.41, 5.74) is 1.63. The lowest BCUT2D eigenvalue weighted by Crippen LogP contribution is -2.31. The summed E-state index contributed by atoms with van der Waals surface area (Å²) in [5, 5.41) is 6.56. The Labute approximate surface area is 152 Å². The average Bonchev–Trinajstić information content (AvgIpc) is 3.01. The SMILES string of the molecule is CCN(CC)C(=O)Cc1ccc(NC(=O)NCc2cnc(C)s2)cc1. The number of urea groups is 1. The van der Waals surface area contributed by atoms with E-state index in [-0.39, 0.29) is 11.9 Å². The first-order chi connectivity index (χ1) is 12.0. The van der Waals surface area contributed by atoms with Gasteiger partial charge in [0.05, 0.1) is 18.0 Å². The minimum absolute atomic E-state index is 0.114. The summed E-state index contributed by atoms with van der Waals surface area (Å²) < 4.78 is 0. The number of amides is 3. The van der Waals surface area contributed by atoms with Crippen LogP contribution in [0.4, 0.5) is 10.5 Å². The van der Waals surface area contributed by atoms with Crippen LogP contribution in [0.5, 0.6) is 0 Å². The molecule has 1 heterocycles. The Hall–Kier alpha value is -2.41. The molecule has 25 heavy (non-hydrogen) atoms. The number of nitrogens with one attached hydrogen (secondary N) is 2. The van der Waals surface area contributed by atoms with Gasteiger partial charge in [0.2, 0.25) is 5.91 Å². The number of aromatic nitrogens is 1. The molecule has 0 aliphatic heterocycles. The third-order valence-electron chi connectivity index (χ3n) is 3.78. The number of hydrogen-bond acceptors (Lipinski definition) is 4. The zero-order valence-electron chi connectivity index (χ0n) is 14.8. The van der Waals surface area contributed by atoms with Crippen molar-refractivity contribution in [2.24, 2.45) is 0 Å². The lowest BCUT2D eigenvalue weighted by molar-refractivity contribution is -0.130. The van der Waals surface area contributed by atoms with E-state index in [9.17, 15) is 9.59 Å². The quantitative estimate of drug-likeness (QED) is 0.796. The van der Waals surface area contributed by atoms with Crippen LogP contribution in [0.15, 0.2) is 30.5 Å². The highest BCUT2D eigenvalue weighted by Crippen LogP contribution is 2.12. The van der Waals surface area contributed by atoms with Crippen molar-refractivity contribution in [1.29, 1.82) is 0 Å². The first kappa shape index (κ1) is 18.9. The molecule has 0 saturated carbocycles. The van der Waals surface area contributed by atoms with E-state index >= 15 is 0 Å². The Morgan fingerprint density at radius 1 is 1.16 bits per heavy atom. The zero-order chi connectivity index (χ0) is 18.2. The predicted molar refractivity (Wildman–Crippen MR) is 101 cm³/mol. The van der Waals surface area contributed by atoms with Crippen molar-refractivity contribution >= 4 is 29.0 Å². The van der Waals surface area contributed by atoms with E-state index in [0.29, 0.717) is 31.7 Å². The molecule has 0 bridgehead atoms. The van der Waals surface area contributed by atoms with Gasteiger partial charge in [-0.2, -0.15) is 0 Å². The molecule has 6 nitrogen and oxygen atoms in total. The van der Waals surface area contributed by atoms with E-state index in [1.807, 2.05) is 32.9 Å².